The number of morpholine rings is 1. The number of hydrogen-bond acceptors (Lipinski definition) is 4. The Bertz CT molecular complexity index is 430. The number of benzene rings is 1. The van der Waals surface area contributed by atoms with Gasteiger partial charge in [-0.05, 0) is 18.6 Å². The third-order valence-corrected chi connectivity index (χ3v) is 3.29. The van der Waals surface area contributed by atoms with Gasteiger partial charge in [-0.2, -0.15) is 0 Å². The van der Waals surface area contributed by atoms with Crippen LogP contribution in [0.25, 0.3) is 0 Å². The summed E-state index contributed by atoms with van der Waals surface area (Å²) in [5.41, 5.74) is 7.60. The molecule has 3 N–H and O–H groups in total. The van der Waals surface area contributed by atoms with Crippen molar-refractivity contribution in [1.29, 1.82) is 0 Å². The molecule has 5 heteroatoms. The average Bonchev–Trinajstić information content (AvgIpc) is 2.47. The summed E-state index contributed by atoms with van der Waals surface area (Å²) in [5.74, 6) is -0.136. The van der Waals surface area contributed by atoms with Crippen molar-refractivity contribution in [3.63, 3.8) is 0 Å². The van der Waals surface area contributed by atoms with Crippen LogP contribution < -0.4 is 16.0 Å². The van der Waals surface area contributed by atoms with Crippen LogP contribution in [0.3, 0.4) is 0 Å². The van der Waals surface area contributed by atoms with E-state index in [9.17, 15) is 4.79 Å². The zero-order chi connectivity index (χ0) is 13.7. The molecule has 0 spiro atoms. The van der Waals surface area contributed by atoms with E-state index in [2.05, 4.69) is 10.2 Å². The van der Waals surface area contributed by atoms with Gasteiger partial charge in [0, 0.05) is 13.1 Å². The van der Waals surface area contributed by atoms with Crippen LogP contribution >= 0.6 is 0 Å². The fourth-order valence-electron chi connectivity index (χ4n) is 2.07. The molecule has 1 aromatic carbocycles. The van der Waals surface area contributed by atoms with E-state index < -0.39 is 6.04 Å². The third kappa shape index (κ3) is 3.45. The molecular weight excluding hydrogens is 242 g/mol. The Kier molecular flexibility index (Phi) is 4.76. The predicted octanol–water partition coefficient (Wildman–Crippen LogP) is 1.20. The number of amides is 1. The lowest BCUT2D eigenvalue weighted by Crippen LogP contribution is -2.38. The van der Waals surface area contributed by atoms with Crippen molar-refractivity contribution in [2.24, 2.45) is 5.73 Å². The van der Waals surface area contributed by atoms with Gasteiger partial charge in [0.25, 0.3) is 0 Å². The Morgan fingerprint density at radius 1 is 1.42 bits per heavy atom. The van der Waals surface area contributed by atoms with Crippen molar-refractivity contribution in [1.82, 2.24) is 0 Å². The molecule has 2 rings (SSSR count). The molecule has 5 nitrogen and oxygen atoms in total. The standard InChI is InChI=1S/C14H21N3O2/c1-2-11(15)14(18)16-12-5-3-4-6-13(12)17-7-9-19-10-8-17/h3-6,11H,2,7-10,15H2,1H3,(H,16,18). The number of hydrogen-bond donors (Lipinski definition) is 2. The van der Waals surface area contributed by atoms with Crippen LogP contribution in [0.2, 0.25) is 0 Å². The molecule has 1 fully saturated rings. The number of carbonyl (C=O) groups excluding carboxylic acids is 1. The van der Waals surface area contributed by atoms with Gasteiger partial charge in [0.2, 0.25) is 5.91 Å². The van der Waals surface area contributed by atoms with Crippen LogP contribution in [-0.2, 0) is 9.53 Å². The molecule has 1 aliphatic heterocycles. The predicted molar refractivity (Wildman–Crippen MR) is 76.4 cm³/mol. The Balaban J connectivity index is 2.13. The minimum absolute atomic E-state index is 0.136. The number of carbonyl (C=O) groups is 1. The highest BCUT2D eigenvalue weighted by Crippen LogP contribution is 2.26. The van der Waals surface area contributed by atoms with Crippen LogP contribution in [0.1, 0.15) is 13.3 Å². The molecule has 0 aliphatic carbocycles. The molecule has 0 saturated carbocycles. The summed E-state index contributed by atoms with van der Waals surface area (Å²) in [6.45, 7) is 5.02. The van der Waals surface area contributed by atoms with Gasteiger partial charge in [-0.25, -0.2) is 0 Å². The van der Waals surface area contributed by atoms with Crippen molar-refractivity contribution < 1.29 is 9.53 Å². The monoisotopic (exact) mass is 263 g/mol. The largest absolute Gasteiger partial charge is 0.378 e. The highest BCUT2D eigenvalue weighted by molar-refractivity contribution is 5.97. The molecule has 0 radical (unpaired) electrons. The van der Waals surface area contributed by atoms with Gasteiger partial charge in [0.05, 0.1) is 30.6 Å². The van der Waals surface area contributed by atoms with E-state index in [4.69, 9.17) is 10.5 Å². The van der Waals surface area contributed by atoms with E-state index in [0.29, 0.717) is 6.42 Å². The second-order valence-corrected chi connectivity index (χ2v) is 4.62. The smallest absolute Gasteiger partial charge is 0.241 e. The first kappa shape index (κ1) is 13.8. The molecule has 1 atom stereocenters. The molecule has 19 heavy (non-hydrogen) atoms. The zero-order valence-corrected chi connectivity index (χ0v) is 11.3. The van der Waals surface area contributed by atoms with Crippen LogP contribution in [-0.4, -0.2) is 38.3 Å². The zero-order valence-electron chi connectivity index (χ0n) is 11.3. The highest BCUT2D eigenvalue weighted by atomic mass is 16.5. The van der Waals surface area contributed by atoms with Crippen LogP contribution in [0, 0.1) is 0 Å². The number of nitrogens with one attached hydrogen (secondary N) is 1. The number of ether oxygens (including phenoxy) is 1. The first-order valence-electron chi connectivity index (χ1n) is 6.70. The number of anilines is 2. The SMILES string of the molecule is CCC(N)C(=O)Nc1ccccc1N1CCOCC1. The van der Waals surface area contributed by atoms with E-state index in [1.54, 1.807) is 0 Å². The molecule has 0 bridgehead atoms. The quantitative estimate of drug-likeness (QED) is 0.856. The van der Waals surface area contributed by atoms with Crippen LogP contribution in [0.5, 0.6) is 0 Å². The maximum Gasteiger partial charge on any atom is 0.241 e. The van der Waals surface area contributed by atoms with Crippen LogP contribution in [0.4, 0.5) is 11.4 Å². The van der Waals surface area contributed by atoms with E-state index >= 15 is 0 Å². The van der Waals surface area contributed by atoms with Gasteiger partial charge in [0.1, 0.15) is 0 Å². The summed E-state index contributed by atoms with van der Waals surface area (Å²) < 4.78 is 5.35. The second kappa shape index (κ2) is 6.54. The van der Waals surface area contributed by atoms with E-state index in [1.807, 2.05) is 31.2 Å². The Morgan fingerprint density at radius 3 is 2.79 bits per heavy atom. The molecular formula is C14H21N3O2. The summed E-state index contributed by atoms with van der Waals surface area (Å²) >= 11 is 0. The lowest BCUT2D eigenvalue weighted by Gasteiger charge is -2.30. The normalized spacial score (nSPS) is 17.1. The molecule has 1 heterocycles. The summed E-state index contributed by atoms with van der Waals surface area (Å²) in [4.78, 5) is 14.1. The number of para-hydroxylation sites is 2. The lowest BCUT2D eigenvalue weighted by atomic mass is 10.2. The van der Waals surface area contributed by atoms with Gasteiger partial charge in [-0.3, -0.25) is 4.79 Å². The van der Waals surface area contributed by atoms with E-state index in [-0.39, 0.29) is 5.91 Å². The third-order valence-electron chi connectivity index (χ3n) is 3.29. The molecule has 1 aromatic rings. The second-order valence-electron chi connectivity index (χ2n) is 4.62. The minimum atomic E-state index is -0.460. The minimum Gasteiger partial charge on any atom is -0.378 e. The molecule has 1 unspecified atom stereocenters. The molecule has 1 aliphatic rings. The Labute approximate surface area is 113 Å². The number of nitrogens with two attached hydrogens (primary N) is 1. The fraction of sp³-hybridized carbons (Fsp3) is 0.500. The number of rotatable bonds is 4. The van der Waals surface area contributed by atoms with Crippen molar-refractivity contribution in [2.75, 3.05) is 36.5 Å². The number of nitrogens with zero attached hydrogens (tertiary/aromatic N) is 1. The molecule has 1 amide bonds. The first-order chi connectivity index (χ1) is 9.22. The maximum absolute atomic E-state index is 11.9. The van der Waals surface area contributed by atoms with Crippen molar-refractivity contribution in [3.8, 4) is 0 Å². The Hall–Kier alpha value is -1.59. The topological polar surface area (TPSA) is 67.6 Å². The first-order valence-corrected chi connectivity index (χ1v) is 6.70. The summed E-state index contributed by atoms with van der Waals surface area (Å²) in [7, 11) is 0. The van der Waals surface area contributed by atoms with Gasteiger partial charge >= 0.3 is 0 Å². The van der Waals surface area contributed by atoms with Gasteiger partial charge in [0.15, 0.2) is 0 Å². The molecule has 1 saturated heterocycles. The fourth-order valence-corrected chi connectivity index (χ4v) is 2.07. The van der Waals surface area contributed by atoms with Crippen molar-refractivity contribution in [2.45, 2.75) is 19.4 Å². The lowest BCUT2D eigenvalue weighted by molar-refractivity contribution is -0.117. The van der Waals surface area contributed by atoms with Gasteiger partial charge in [-0.1, -0.05) is 19.1 Å². The van der Waals surface area contributed by atoms with E-state index in [1.165, 1.54) is 0 Å². The average molecular weight is 263 g/mol. The molecule has 104 valence electrons. The summed E-state index contributed by atoms with van der Waals surface area (Å²) in [6, 6.07) is 7.35. The summed E-state index contributed by atoms with van der Waals surface area (Å²) in [6.07, 6.45) is 0.631. The molecule has 0 aromatic heterocycles. The highest BCUT2D eigenvalue weighted by Gasteiger charge is 2.17. The summed E-state index contributed by atoms with van der Waals surface area (Å²) in [5, 5.41) is 2.91. The van der Waals surface area contributed by atoms with Gasteiger partial charge < -0.3 is 20.7 Å². The van der Waals surface area contributed by atoms with Gasteiger partial charge in [-0.15, -0.1) is 0 Å². The Morgan fingerprint density at radius 2 is 2.11 bits per heavy atom. The van der Waals surface area contributed by atoms with Crippen LogP contribution in [0.15, 0.2) is 24.3 Å². The maximum atomic E-state index is 11.9. The van der Waals surface area contributed by atoms with E-state index in [0.717, 1.165) is 37.7 Å². The van der Waals surface area contributed by atoms with Crippen molar-refractivity contribution >= 4 is 17.3 Å². The van der Waals surface area contributed by atoms with Crippen molar-refractivity contribution in [3.05, 3.63) is 24.3 Å².